The van der Waals surface area contributed by atoms with Gasteiger partial charge in [-0.25, -0.2) is 0 Å². The van der Waals surface area contributed by atoms with E-state index in [-0.39, 0.29) is 0 Å². The van der Waals surface area contributed by atoms with Gasteiger partial charge in [0.15, 0.2) is 0 Å². The third-order valence-electron chi connectivity index (χ3n) is 3.89. The van der Waals surface area contributed by atoms with E-state index >= 15 is 0 Å². The van der Waals surface area contributed by atoms with Crippen molar-refractivity contribution >= 4 is 5.69 Å². The number of para-hydroxylation sites is 1. The van der Waals surface area contributed by atoms with Gasteiger partial charge in [-0.15, -0.1) is 0 Å². The maximum Gasteiger partial charge on any atom is 0.0678 e. The van der Waals surface area contributed by atoms with Crippen LogP contribution in [0, 0.1) is 6.92 Å². The fraction of sp³-hybridized carbons (Fsp3) is 0.625. The summed E-state index contributed by atoms with van der Waals surface area (Å²) in [6.45, 7) is 10.6. The van der Waals surface area contributed by atoms with Gasteiger partial charge in [-0.2, -0.15) is 0 Å². The third kappa shape index (κ3) is 3.10. The lowest BCUT2D eigenvalue weighted by molar-refractivity contribution is 0.170. The van der Waals surface area contributed by atoms with Gasteiger partial charge in [0, 0.05) is 32.4 Å². The van der Waals surface area contributed by atoms with E-state index in [2.05, 4.69) is 49.2 Å². The van der Waals surface area contributed by atoms with Gasteiger partial charge < -0.3 is 15.0 Å². The first-order valence-corrected chi connectivity index (χ1v) is 7.21. The molecule has 3 nitrogen and oxygen atoms in total. The van der Waals surface area contributed by atoms with Gasteiger partial charge in [-0.1, -0.05) is 32.0 Å². The molecule has 1 atom stereocenters. The van der Waals surface area contributed by atoms with Crippen molar-refractivity contribution in [3.63, 3.8) is 0 Å². The molecule has 1 aromatic carbocycles. The monoisotopic (exact) mass is 262 g/mol. The Morgan fingerprint density at radius 2 is 2.21 bits per heavy atom. The third-order valence-corrected chi connectivity index (χ3v) is 3.89. The number of hydrogen-bond acceptors (Lipinski definition) is 3. The molecule has 0 aliphatic carbocycles. The minimum absolute atomic E-state index is 0.428. The fourth-order valence-electron chi connectivity index (χ4n) is 2.94. The van der Waals surface area contributed by atoms with E-state index in [9.17, 15) is 0 Å². The molecule has 0 spiro atoms. The molecule has 0 aromatic heterocycles. The molecule has 1 aliphatic heterocycles. The fourth-order valence-corrected chi connectivity index (χ4v) is 2.94. The Balaban J connectivity index is 2.37. The highest BCUT2D eigenvalue weighted by Gasteiger charge is 2.25. The van der Waals surface area contributed by atoms with Crippen LogP contribution in [0.1, 0.15) is 30.9 Å². The van der Waals surface area contributed by atoms with E-state index < -0.39 is 0 Å². The average Bonchev–Trinajstić information content (AvgIpc) is 2.40. The van der Waals surface area contributed by atoms with Crippen LogP contribution in [-0.4, -0.2) is 39.4 Å². The van der Waals surface area contributed by atoms with Crippen molar-refractivity contribution in [3.8, 4) is 0 Å². The summed E-state index contributed by atoms with van der Waals surface area (Å²) in [5.74, 6) is 0.549. The van der Waals surface area contributed by atoms with Gasteiger partial charge in [-0.05, 0) is 24.0 Å². The molecule has 1 unspecified atom stereocenters. The van der Waals surface area contributed by atoms with Crippen molar-refractivity contribution < 1.29 is 4.74 Å². The van der Waals surface area contributed by atoms with Gasteiger partial charge in [0.2, 0.25) is 0 Å². The average molecular weight is 262 g/mol. The molecular formula is C16H26N2O. The molecule has 1 aliphatic rings. The normalized spacial score (nSPS) is 20.1. The Morgan fingerprint density at radius 3 is 2.89 bits per heavy atom. The summed E-state index contributed by atoms with van der Waals surface area (Å²) in [4.78, 5) is 2.53. The summed E-state index contributed by atoms with van der Waals surface area (Å²) in [7, 11) is 1.79. The molecule has 1 heterocycles. The summed E-state index contributed by atoms with van der Waals surface area (Å²) in [5, 5.41) is 3.47. The maximum atomic E-state index is 5.39. The number of piperazine rings is 1. The zero-order valence-electron chi connectivity index (χ0n) is 12.6. The number of methoxy groups -OCH3 is 1. The van der Waals surface area contributed by atoms with Gasteiger partial charge in [0.05, 0.1) is 12.6 Å². The number of aryl methyl sites for hydroxylation is 1. The quantitative estimate of drug-likeness (QED) is 0.902. The molecule has 1 saturated heterocycles. The van der Waals surface area contributed by atoms with E-state index in [1.165, 1.54) is 16.8 Å². The molecule has 2 rings (SSSR count). The Bertz CT molecular complexity index is 415. The first-order chi connectivity index (χ1) is 9.15. The lowest BCUT2D eigenvalue weighted by Crippen LogP contribution is -2.54. The highest BCUT2D eigenvalue weighted by molar-refractivity contribution is 5.61. The molecule has 3 heteroatoms. The standard InChI is InChI=1S/C16H26N2O/c1-12(2)15-7-5-6-13(3)16(15)18-9-8-17-10-14(18)11-19-4/h5-7,12,14,17H,8-11H2,1-4H3. The number of hydrogen-bond donors (Lipinski definition) is 1. The van der Waals surface area contributed by atoms with Crippen LogP contribution in [0.2, 0.25) is 0 Å². The summed E-state index contributed by atoms with van der Waals surface area (Å²) in [6.07, 6.45) is 0. The van der Waals surface area contributed by atoms with Crippen LogP contribution in [0.5, 0.6) is 0 Å². The molecule has 1 N–H and O–H groups in total. The van der Waals surface area contributed by atoms with Crippen LogP contribution in [0.4, 0.5) is 5.69 Å². The number of ether oxygens (including phenoxy) is 1. The zero-order valence-corrected chi connectivity index (χ0v) is 12.6. The highest BCUT2D eigenvalue weighted by Crippen LogP contribution is 2.32. The lowest BCUT2D eigenvalue weighted by Gasteiger charge is -2.40. The van der Waals surface area contributed by atoms with Crippen molar-refractivity contribution in [2.45, 2.75) is 32.7 Å². The highest BCUT2D eigenvalue weighted by atomic mass is 16.5. The SMILES string of the molecule is COCC1CNCCN1c1c(C)cccc1C(C)C. The van der Waals surface area contributed by atoms with Crippen molar-refractivity contribution in [1.29, 1.82) is 0 Å². The molecule has 1 fully saturated rings. The van der Waals surface area contributed by atoms with Crippen LogP contribution in [0.15, 0.2) is 18.2 Å². The summed E-state index contributed by atoms with van der Waals surface area (Å²) in [5.41, 5.74) is 4.23. The number of anilines is 1. The number of nitrogens with zero attached hydrogens (tertiary/aromatic N) is 1. The Morgan fingerprint density at radius 1 is 1.42 bits per heavy atom. The molecule has 19 heavy (non-hydrogen) atoms. The largest absolute Gasteiger partial charge is 0.383 e. The molecule has 0 bridgehead atoms. The van der Waals surface area contributed by atoms with Crippen LogP contribution in [0.3, 0.4) is 0 Å². The van der Waals surface area contributed by atoms with Crippen molar-refractivity contribution in [2.75, 3.05) is 38.3 Å². The van der Waals surface area contributed by atoms with Crippen LogP contribution >= 0.6 is 0 Å². The van der Waals surface area contributed by atoms with Crippen LogP contribution in [-0.2, 0) is 4.74 Å². The van der Waals surface area contributed by atoms with Crippen molar-refractivity contribution in [3.05, 3.63) is 29.3 Å². The van der Waals surface area contributed by atoms with Crippen molar-refractivity contribution in [1.82, 2.24) is 5.32 Å². The minimum Gasteiger partial charge on any atom is -0.383 e. The molecule has 0 amide bonds. The van der Waals surface area contributed by atoms with Crippen LogP contribution in [0.25, 0.3) is 0 Å². The molecule has 0 saturated carbocycles. The molecular weight excluding hydrogens is 236 g/mol. The van der Waals surface area contributed by atoms with Gasteiger partial charge >= 0.3 is 0 Å². The molecule has 0 radical (unpaired) electrons. The summed E-state index contributed by atoms with van der Waals surface area (Å²) in [6, 6.07) is 7.07. The first kappa shape index (κ1) is 14.4. The maximum absolute atomic E-state index is 5.39. The smallest absolute Gasteiger partial charge is 0.0678 e. The lowest BCUT2D eigenvalue weighted by atomic mass is 9.96. The predicted molar refractivity (Wildman–Crippen MR) is 81.1 cm³/mol. The first-order valence-electron chi connectivity index (χ1n) is 7.21. The molecule has 106 valence electrons. The second-order valence-electron chi connectivity index (χ2n) is 5.67. The number of rotatable bonds is 4. The predicted octanol–water partition coefficient (Wildman–Crippen LogP) is 2.54. The number of nitrogens with one attached hydrogen (secondary N) is 1. The van der Waals surface area contributed by atoms with Crippen LogP contribution < -0.4 is 10.2 Å². The minimum atomic E-state index is 0.428. The number of benzene rings is 1. The topological polar surface area (TPSA) is 24.5 Å². The second-order valence-corrected chi connectivity index (χ2v) is 5.67. The van der Waals surface area contributed by atoms with Gasteiger partial charge in [0.1, 0.15) is 0 Å². The second kappa shape index (κ2) is 6.40. The summed E-state index contributed by atoms with van der Waals surface area (Å²) < 4.78 is 5.39. The van der Waals surface area contributed by atoms with E-state index in [1.807, 2.05) is 0 Å². The summed E-state index contributed by atoms with van der Waals surface area (Å²) >= 11 is 0. The van der Waals surface area contributed by atoms with E-state index in [0.717, 1.165) is 26.2 Å². The van der Waals surface area contributed by atoms with Crippen molar-refractivity contribution in [2.24, 2.45) is 0 Å². The van der Waals surface area contributed by atoms with E-state index in [0.29, 0.717) is 12.0 Å². The van der Waals surface area contributed by atoms with E-state index in [4.69, 9.17) is 4.74 Å². The Labute approximate surface area is 116 Å². The van der Waals surface area contributed by atoms with Gasteiger partial charge in [-0.3, -0.25) is 0 Å². The zero-order chi connectivity index (χ0) is 13.8. The Kier molecular flexibility index (Phi) is 4.83. The Hall–Kier alpha value is -1.06. The molecule has 1 aromatic rings. The van der Waals surface area contributed by atoms with Gasteiger partial charge in [0.25, 0.3) is 0 Å². The van der Waals surface area contributed by atoms with E-state index in [1.54, 1.807) is 7.11 Å².